The summed E-state index contributed by atoms with van der Waals surface area (Å²) >= 11 is 0. The number of carbonyl (C=O) groups is 2. The van der Waals surface area contributed by atoms with E-state index < -0.39 is 6.09 Å². The van der Waals surface area contributed by atoms with E-state index in [0.29, 0.717) is 36.1 Å². The lowest BCUT2D eigenvalue weighted by atomic mass is 10.0. The van der Waals surface area contributed by atoms with Crippen molar-refractivity contribution in [1.82, 2.24) is 29.2 Å². The number of benzene rings is 1. The van der Waals surface area contributed by atoms with Crippen LogP contribution in [0.5, 0.6) is 5.88 Å². The first-order chi connectivity index (χ1) is 22.4. The number of alkyl carbamates (subject to hydrolysis) is 1. The summed E-state index contributed by atoms with van der Waals surface area (Å²) in [4.78, 5) is 38.1. The van der Waals surface area contributed by atoms with E-state index in [1.807, 2.05) is 53.8 Å². The van der Waals surface area contributed by atoms with Gasteiger partial charge in [-0.15, -0.1) is 0 Å². The highest BCUT2D eigenvalue weighted by atomic mass is 16.5. The van der Waals surface area contributed by atoms with Gasteiger partial charge in [-0.2, -0.15) is 0 Å². The Morgan fingerprint density at radius 3 is 2.65 bits per heavy atom. The number of nitrogens with zero attached hydrogens (tertiary/aromatic N) is 5. The third-order valence-electron chi connectivity index (χ3n) is 8.97. The van der Waals surface area contributed by atoms with Crippen molar-refractivity contribution < 1.29 is 19.1 Å². The first kappa shape index (κ1) is 29.6. The standard InChI is InChI=1S/C36H38N6O4/c1-4-28-15-14-26-17-30(41(34(26)37-28)20-24-12-13-24)33-23(2)42-31(39-33)18-27(19-32(42)45-3)35(43)40-16-8-11-29(21-40)38-36(44)46-22-25-9-6-5-7-10-25/h4-7,9-10,14-15,17-19,24,29H,1,8,11-13,16,20-22H2,2-3H3,(H,38,44)/t29-/m1/s1. The number of methoxy groups -OCH3 is 1. The van der Waals surface area contributed by atoms with E-state index in [2.05, 4.69) is 28.6 Å². The van der Waals surface area contributed by atoms with E-state index in [1.165, 1.54) is 12.8 Å². The predicted molar refractivity (Wildman–Crippen MR) is 177 cm³/mol. The van der Waals surface area contributed by atoms with E-state index in [9.17, 15) is 9.59 Å². The van der Waals surface area contributed by atoms with Crippen molar-refractivity contribution in [2.24, 2.45) is 5.92 Å². The number of ether oxygens (including phenoxy) is 2. The fraction of sp³-hybridized carbons (Fsp3) is 0.333. The first-order valence-electron chi connectivity index (χ1n) is 15.9. The molecular formula is C36H38N6O4. The maximum absolute atomic E-state index is 13.8. The van der Waals surface area contributed by atoms with Gasteiger partial charge in [-0.1, -0.05) is 36.9 Å². The zero-order valence-electron chi connectivity index (χ0n) is 26.2. The van der Waals surface area contributed by atoms with Crippen molar-refractivity contribution in [2.75, 3.05) is 20.2 Å². The van der Waals surface area contributed by atoms with Gasteiger partial charge in [0.1, 0.15) is 23.6 Å². The largest absolute Gasteiger partial charge is 0.482 e. The highest BCUT2D eigenvalue weighted by Gasteiger charge is 2.29. The number of fused-ring (bicyclic) bond motifs is 2. The first-order valence-corrected chi connectivity index (χ1v) is 15.9. The summed E-state index contributed by atoms with van der Waals surface area (Å²) in [6.07, 6.45) is 5.26. The summed E-state index contributed by atoms with van der Waals surface area (Å²) in [7, 11) is 1.61. The average molecular weight is 619 g/mol. The third-order valence-corrected chi connectivity index (χ3v) is 8.97. The zero-order valence-corrected chi connectivity index (χ0v) is 26.2. The second-order valence-corrected chi connectivity index (χ2v) is 12.3. The average Bonchev–Trinajstić information content (AvgIpc) is 3.76. The number of aromatic nitrogens is 4. The highest BCUT2D eigenvalue weighted by molar-refractivity contribution is 5.96. The normalized spacial score (nSPS) is 16.5. The fourth-order valence-electron chi connectivity index (χ4n) is 6.38. The lowest BCUT2D eigenvalue weighted by molar-refractivity contribution is 0.0682. The van der Waals surface area contributed by atoms with Gasteiger partial charge in [-0.05, 0) is 74.4 Å². The molecule has 2 aliphatic rings. The third kappa shape index (κ3) is 5.82. The second kappa shape index (κ2) is 12.3. The van der Waals surface area contributed by atoms with Gasteiger partial charge in [0.15, 0.2) is 5.88 Å². The highest BCUT2D eigenvalue weighted by Crippen LogP contribution is 2.37. The number of rotatable bonds is 9. The van der Waals surface area contributed by atoms with Crippen LogP contribution in [-0.2, 0) is 17.9 Å². The topological polar surface area (TPSA) is 103 Å². The summed E-state index contributed by atoms with van der Waals surface area (Å²) in [6, 6.07) is 19.2. The monoisotopic (exact) mass is 618 g/mol. The number of likely N-dealkylation sites (tertiary alicyclic amines) is 1. The number of amides is 2. The van der Waals surface area contributed by atoms with Crippen LogP contribution >= 0.6 is 0 Å². The van der Waals surface area contributed by atoms with Crippen LogP contribution in [0.3, 0.4) is 0 Å². The second-order valence-electron chi connectivity index (χ2n) is 12.3. The Labute approximate surface area is 267 Å². The fourth-order valence-corrected chi connectivity index (χ4v) is 6.38. The number of carbonyl (C=O) groups excluding carboxylic acids is 2. The minimum absolute atomic E-state index is 0.129. The molecule has 10 nitrogen and oxygen atoms in total. The smallest absolute Gasteiger partial charge is 0.407 e. The molecule has 0 unspecified atom stereocenters. The molecule has 5 heterocycles. The van der Waals surface area contributed by atoms with Gasteiger partial charge in [0, 0.05) is 42.7 Å². The van der Waals surface area contributed by atoms with Gasteiger partial charge in [-0.3, -0.25) is 9.20 Å². The Morgan fingerprint density at radius 1 is 1.07 bits per heavy atom. The number of pyridine rings is 2. The molecule has 1 aliphatic carbocycles. The van der Waals surface area contributed by atoms with Crippen molar-refractivity contribution in [3.05, 3.63) is 89.8 Å². The van der Waals surface area contributed by atoms with Crippen LogP contribution in [0.4, 0.5) is 4.79 Å². The molecule has 1 N–H and O–H groups in total. The van der Waals surface area contributed by atoms with Gasteiger partial charge in [0.25, 0.3) is 5.91 Å². The molecule has 1 aliphatic heterocycles. The zero-order chi connectivity index (χ0) is 31.8. The summed E-state index contributed by atoms with van der Waals surface area (Å²) in [5.74, 6) is 1.04. The maximum atomic E-state index is 13.8. The van der Waals surface area contributed by atoms with Crippen LogP contribution in [0.25, 0.3) is 34.1 Å². The summed E-state index contributed by atoms with van der Waals surface area (Å²) in [5, 5.41) is 3.99. The Morgan fingerprint density at radius 2 is 1.89 bits per heavy atom. The van der Waals surface area contributed by atoms with Crippen molar-refractivity contribution in [1.29, 1.82) is 0 Å². The van der Waals surface area contributed by atoms with Crippen molar-refractivity contribution in [3.63, 3.8) is 0 Å². The molecule has 4 aromatic heterocycles. The maximum Gasteiger partial charge on any atom is 0.407 e. The van der Waals surface area contributed by atoms with E-state index in [1.54, 1.807) is 24.2 Å². The van der Waals surface area contributed by atoms with E-state index in [0.717, 1.165) is 58.8 Å². The molecule has 46 heavy (non-hydrogen) atoms. The van der Waals surface area contributed by atoms with Crippen LogP contribution in [0, 0.1) is 12.8 Å². The number of aryl methyl sites for hydroxylation is 1. The van der Waals surface area contributed by atoms with Gasteiger partial charge >= 0.3 is 6.09 Å². The van der Waals surface area contributed by atoms with Gasteiger partial charge in [0.05, 0.1) is 24.2 Å². The van der Waals surface area contributed by atoms with Crippen LogP contribution in [0.15, 0.2) is 67.2 Å². The number of piperidine rings is 1. The number of hydrogen-bond donors (Lipinski definition) is 1. The van der Waals surface area contributed by atoms with E-state index >= 15 is 0 Å². The minimum Gasteiger partial charge on any atom is -0.482 e. The van der Waals surface area contributed by atoms with Crippen LogP contribution in [0.1, 0.15) is 53.0 Å². The summed E-state index contributed by atoms with van der Waals surface area (Å²) in [5.41, 5.74) is 6.56. The summed E-state index contributed by atoms with van der Waals surface area (Å²) in [6.45, 7) is 8.00. The lowest BCUT2D eigenvalue weighted by Crippen LogP contribution is -2.49. The Bertz CT molecular complexity index is 1940. The number of imidazole rings is 1. The van der Waals surface area contributed by atoms with E-state index in [-0.39, 0.29) is 18.6 Å². The molecule has 236 valence electrons. The molecule has 0 spiro atoms. The molecule has 2 amide bonds. The molecule has 1 aromatic carbocycles. The molecule has 0 radical (unpaired) electrons. The SMILES string of the molecule is C=Cc1ccc2cc(-c3nc4cc(C(=O)N5CCC[C@@H](NC(=O)OCc6ccccc6)C5)cc(OC)n4c3C)n(CC3CC3)c2n1. The van der Waals surface area contributed by atoms with Crippen molar-refractivity contribution >= 4 is 34.8 Å². The molecule has 1 saturated heterocycles. The number of nitrogens with one attached hydrogen (secondary N) is 1. The Hall–Kier alpha value is -5.12. The molecule has 10 heteroatoms. The van der Waals surface area contributed by atoms with Crippen LogP contribution < -0.4 is 10.1 Å². The predicted octanol–water partition coefficient (Wildman–Crippen LogP) is 6.25. The summed E-state index contributed by atoms with van der Waals surface area (Å²) < 4.78 is 15.5. The molecule has 7 rings (SSSR count). The van der Waals surface area contributed by atoms with Crippen molar-refractivity contribution in [3.8, 4) is 17.3 Å². The van der Waals surface area contributed by atoms with Gasteiger partial charge in [0.2, 0.25) is 0 Å². The Balaban J connectivity index is 1.14. The quantitative estimate of drug-likeness (QED) is 0.210. The van der Waals surface area contributed by atoms with Crippen molar-refractivity contribution in [2.45, 2.75) is 51.8 Å². The molecule has 1 saturated carbocycles. The molecule has 2 fully saturated rings. The lowest BCUT2D eigenvalue weighted by Gasteiger charge is -2.33. The van der Waals surface area contributed by atoms with Gasteiger partial charge < -0.3 is 24.3 Å². The van der Waals surface area contributed by atoms with Crippen LogP contribution in [0.2, 0.25) is 0 Å². The van der Waals surface area contributed by atoms with Gasteiger partial charge in [-0.25, -0.2) is 14.8 Å². The van der Waals surface area contributed by atoms with Crippen LogP contribution in [-0.4, -0.2) is 62.1 Å². The molecule has 1 atom stereocenters. The molecule has 5 aromatic rings. The van der Waals surface area contributed by atoms with E-state index in [4.69, 9.17) is 19.4 Å². The molecular weight excluding hydrogens is 580 g/mol. The Kier molecular flexibility index (Phi) is 7.94. The molecule has 0 bridgehead atoms. The minimum atomic E-state index is -0.485. The number of hydrogen-bond acceptors (Lipinski definition) is 6.